The van der Waals surface area contributed by atoms with E-state index in [0.717, 1.165) is 30.6 Å². The van der Waals surface area contributed by atoms with E-state index in [4.69, 9.17) is 10.8 Å². The van der Waals surface area contributed by atoms with Crippen molar-refractivity contribution >= 4 is 20.4 Å². The second-order valence-electron chi connectivity index (χ2n) is 8.01. The van der Waals surface area contributed by atoms with Gasteiger partial charge in [-0.05, 0) is 54.7 Å². The maximum Gasteiger partial charge on any atom is 0.344 e. The highest BCUT2D eigenvalue weighted by atomic mass is 28.4. The Kier molecular flexibility index (Phi) is 8.41. The first-order valence-corrected chi connectivity index (χ1v) is 12.1. The van der Waals surface area contributed by atoms with Crippen molar-refractivity contribution in [3.05, 3.63) is 35.4 Å². The molecule has 1 N–H and O–H groups in total. The van der Waals surface area contributed by atoms with E-state index < -0.39 is 14.3 Å². The van der Waals surface area contributed by atoms with Gasteiger partial charge in [-0.1, -0.05) is 44.7 Å². The number of rotatable bonds is 7. The van der Waals surface area contributed by atoms with E-state index in [0.29, 0.717) is 6.42 Å². The van der Waals surface area contributed by atoms with Crippen LogP contribution in [0.15, 0.2) is 29.8 Å². The highest BCUT2D eigenvalue weighted by Crippen LogP contribution is 2.37. The van der Waals surface area contributed by atoms with Crippen molar-refractivity contribution in [1.82, 2.24) is 0 Å². The zero-order valence-electron chi connectivity index (χ0n) is 17.1. The predicted octanol–water partition coefficient (Wildman–Crippen LogP) is 5.74. The van der Waals surface area contributed by atoms with Crippen LogP contribution in [0.5, 0.6) is 5.75 Å². The minimum Gasteiger partial charge on any atom is -0.544 e. The van der Waals surface area contributed by atoms with Crippen molar-refractivity contribution in [2.45, 2.75) is 64.6 Å². The Morgan fingerprint density at radius 3 is 2.30 bits per heavy atom. The van der Waals surface area contributed by atoms with Gasteiger partial charge in [0.1, 0.15) is 11.3 Å². The summed E-state index contributed by atoms with van der Waals surface area (Å²) in [5, 5.41) is 9.48. The van der Waals surface area contributed by atoms with Crippen LogP contribution in [0.1, 0.15) is 52.0 Å². The smallest absolute Gasteiger partial charge is 0.344 e. The van der Waals surface area contributed by atoms with E-state index in [2.05, 4.69) is 51.6 Å². The van der Waals surface area contributed by atoms with Gasteiger partial charge in [0.25, 0.3) is 0 Å². The fourth-order valence-corrected chi connectivity index (χ4v) is 3.03. The number of carbonyl (C=O) groups is 1. The molecular formula is C23H30O3Si. The highest BCUT2D eigenvalue weighted by Gasteiger charge is 2.38. The summed E-state index contributed by atoms with van der Waals surface area (Å²) in [6.07, 6.45) is 9.95. The highest BCUT2D eigenvalue weighted by molar-refractivity contribution is 6.74. The topological polar surface area (TPSA) is 46.5 Å². The van der Waals surface area contributed by atoms with Gasteiger partial charge in [0, 0.05) is 12.8 Å². The molecule has 0 saturated heterocycles. The molecule has 0 amide bonds. The standard InChI is InChI=1S/C23H30O3Si/c1-7-8-9-10-11-12-13-20(22(24)25)18-19-14-16-21(17-15-19)26-27(5,6)23(2,3)4/h1,14-18H,8-11H2,2-6H3,(H,24,25)/b20-18+. The predicted molar refractivity (Wildman–Crippen MR) is 115 cm³/mol. The molecule has 0 aliphatic carbocycles. The van der Waals surface area contributed by atoms with Gasteiger partial charge in [0.2, 0.25) is 8.32 Å². The molecule has 1 rings (SSSR count). The normalized spacial score (nSPS) is 11.9. The number of unbranched alkanes of at least 4 members (excludes halogenated alkanes) is 3. The molecule has 0 bridgehead atoms. The van der Waals surface area contributed by atoms with Gasteiger partial charge in [-0.25, -0.2) is 4.79 Å². The van der Waals surface area contributed by atoms with E-state index in [1.165, 1.54) is 0 Å². The van der Waals surface area contributed by atoms with Crippen molar-refractivity contribution in [3.8, 4) is 29.9 Å². The average molecular weight is 383 g/mol. The third-order valence-corrected chi connectivity index (χ3v) is 9.06. The van der Waals surface area contributed by atoms with Gasteiger partial charge in [-0.15, -0.1) is 12.3 Å². The van der Waals surface area contributed by atoms with Crippen LogP contribution < -0.4 is 4.43 Å². The molecule has 27 heavy (non-hydrogen) atoms. The average Bonchev–Trinajstić information content (AvgIpc) is 2.57. The molecule has 0 saturated carbocycles. The first-order chi connectivity index (χ1) is 12.6. The van der Waals surface area contributed by atoms with Crippen molar-refractivity contribution in [1.29, 1.82) is 0 Å². The van der Waals surface area contributed by atoms with Crippen LogP contribution in [-0.4, -0.2) is 19.4 Å². The Bertz CT molecular complexity index is 763. The molecule has 0 fully saturated rings. The zero-order chi connectivity index (χ0) is 20.5. The second-order valence-corrected chi connectivity index (χ2v) is 12.7. The molecule has 4 heteroatoms. The number of terminal acetylenes is 1. The summed E-state index contributed by atoms with van der Waals surface area (Å²) in [6.45, 7) is 11.0. The molecule has 0 radical (unpaired) electrons. The van der Waals surface area contributed by atoms with Crippen LogP contribution in [0.4, 0.5) is 0 Å². The van der Waals surface area contributed by atoms with Crippen molar-refractivity contribution in [3.63, 3.8) is 0 Å². The van der Waals surface area contributed by atoms with E-state index in [1.54, 1.807) is 6.08 Å². The Labute approximate surface area is 165 Å². The van der Waals surface area contributed by atoms with Gasteiger partial charge < -0.3 is 9.53 Å². The lowest BCUT2D eigenvalue weighted by Crippen LogP contribution is -2.43. The number of carboxylic acids is 1. The van der Waals surface area contributed by atoms with E-state index in [9.17, 15) is 9.90 Å². The fraction of sp³-hybridized carbons (Fsp3) is 0.435. The van der Waals surface area contributed by atoms with Crippen LogP contribution >= 0.6 is 0 Å². The Hall–Kier alpha value is -2.43. The molecule has 1 aromatic carbocycles. The van der Waals surface area contributed by atoms with Gasteiger partial charge >= 0.3 is 5.97 Å². The third-order valence-electron chi connectivity index (χ3n) is 4.70. The number of benzene rings is 1. The third kappa shape index (κ3) is 7.77. The summed E-state index contributed by atoms with van der Waals surface area (Å²) in [5.74, 6) is 8.05. The summed E-state index contributed by atoms with van der Waals surface area (Å²) in [6, 6.07) is 7.50. The molecule has 1 aromatic rings. The Balaban J connectivity index is 2.84. The molecule has 0 aliphatic rings. The largest absolute Gasteiger partial charge is 0.544 e. The number of hydrogen-bond acceptors (Lipinski definition) is 2. The lowest BCUT2D eigenvalue weighted by atomic mass is 10.1. The van der Waals surface area contributed by atoms with E-state index >= 15 is 0 Å². The maximum absolute atomic E-state index is 11.4. The summed E-state index contributed by atoms with van der Waals surface area (Å²) < 4.78 is 6.25. The fourth-order valence-electron chi connectivity index (χ4n) is 2.00. The molecule has 3 nitrogen and oxygen atoms in total. The zero-order valence-corrected chi connectivity index (χ0v) is 18.1. The number of hydrogen-bond donors (Lipinski definition) is 1. The van der Waals surface area contributed by atoms with Crippen molar-refractivity contribution in [2.75, 3.05) is 0 Å². The Morgan fingerprint density at radius 2 is 1.78 bits per heavy atom. The molecule has 0 spiro atoms. The van der Waals surface area contributed by atoms with Crippen LogP contribution in [0.25, 0.3) is 6.08 Å². The second kappa shape index (κ2) is 10.0. The Morgan fingerprint density at radius 1 is 1.19 bits per heavy atom. The number of carboxylic acid groups (broad SMARTS) is 1. The van der Waals surface area contributed by atoms with Gasteiger partial charge in [-0.3, -0.25) is 0 Å². The van der Waals surface area contributed by atoms with Crippen molar-refractivity contribution < 1.29 is 14.3 Å². The molecule has 0 aromatic heterocycles. The van der Waals surface area contributed by atoms with Crippen LogP contribution in [0.2, 0.25) is 18.1 Å². The van der Waals surface area contributed by atoms with Gasteiger partial charge in [0.05, 0.1) is 0 Å². The number of aliphatic carboxylic acids is 1. The molecule has 0 heterocycles. The maximum atomic E-state index is 11.4. The molecule has 0 aliphatic heterocycles. The SMILES string of the molecule is C#CCCCCC#C/C(=C\c1ccc(O[Si](C)(C)C(C)(C)C)cc1)C(=O)O. The molecule has 0 atom stereocenters. The lowest BCUT2D eigenvalue weighted by Gasteiger charge is -2.36. The molecule has 0 unspecified atom stereocenters. The lowest BCUT2D eigenvalue weighted by molar-refractivity contribution is -0.132. The van der Waals surface area contributed by atoms with Gasteiger partial charge in [-0.2, -0.15) is 0 Å². The summed E-state index contributed by atoms with van der Waals surface area (Å²) in [7, 11) is -1.89. The van der Waals surface area contributed by atoms with Crippen LogP contribution in [0, 0.1) is 24.2 Å². The minimum atomic E-state index is -1.89. The summed E-state index contributed by atoms with van der Waals surface area (Å²) in [4.78, 5) is 11.4. The van der Waals surface area contributed by atoms with Crippen LogP contribution in [-0.2, 0) is 4.79 Å². The van der Waals surface area contributed by atoms with Gasteiger partial charge in [0.15, 0.2) is 0 Å². The van der Waals surface area contributed by atoms with E-state index in [-0.39, 0.29) is 10.6 Å². The molecule has 144 valence electrons. The monoisotopic (exact) mass is 382 g/mol. The quantitative estimate of drug-likeness (QED) is 0.283. The summed E-state index contributed by atoms with van der Waals surface area (Å²) in [5.41, 5.74) is 0.877. The van der Waals surface area contributed by atoms with E-state index in [1.807, 2.05) is 24.3 Å². The van der Waals surface area contributed by atoms with Crippen molar-refractivity contribution in [2.24, 2.45) is 0 Å². The molecular weight excluding hydrogens is 352 g/mol. The minimum absolute atomic E-state index is 0.0880. The first kappa shape index (κ1) is 22.6. The van der Waals surface area contributed by atoms with Crippen LogP contribution in [0.3, 0.4) is 0 Å². The summed E-state index contributed by atoms with van der Waals surface area (Å²) >= 11 is 0. The first-order valence-electron chi connectivity index (χ1n) is 9.23.